The van der Waals surface area contributed by atoms with Gasteiger partial charge in [0, 0.05) is 25.7 Å². The van der Waals surface area contributed by atoms with Gasteiger partial charge in [-0.15, -0.1) is 6.58 Å². The second-order valence-electron chi connectivity index (χ2n) is 5.45. The lowest BCUT2D eigenvalue weighted by Crippen LogP contribution is -2.36. The molecule has 0 aliphatic carbocycles. The molecule has 132 valence electrons. The Labute approximate surface area is 148 Å². The van der Waals surface area contributed by atoms with Gasteiger partial charge in [-0.1, -0.05) is 12.5 Å². The molecule has 0 unspecified atom stereocenters. The molecule has 0 saturated carbocycles. The number of hydrogen-bond acceptors (Lipinski definition) is 4. The van der Waals surface area contributed by atoms with Crippen LogP contribution in [0.5, 0.6) is 5.75 Å². The summed E-state index contributed by atoms with van der Waals surface area (Å²) >= 11 is 5.19. The lowest BCUT2D eigenvalue weighted by atomic mass is 10.2. The highest BCUT2D eigenvalue weighted by Gasteiger charge is 2.29. The fourth-order valence-electron chi connectivity index (χ4n) is 2.52. The third-order valence-electron chi connectivity index (χ3n) is 3.78. The Morgan fingerprint density at radius 3 is 2.71 bits per heavy atom. The largest absolute Gasteiger partial charge is 0.497 e. The molecule has 1 aromatic rings. The number of thiocarbonyl (C=S) groups is 1. The number of sulfonamides is 1. The van der Waals surface area contributed by atoms with Crippen LogP contribution in [-0.2, 0) is 10.0 Å². The van der Waals surface area contributed by atoms with Crippen LogP contribution in [0.3, 0.4) is 0 Å². The molecule has 1 saturated heterocycles. The molecule has 8 heteroatoms. The smallest absolute Gasteiger partial charge is 0.245 e. The van der Waals surface area contributed by atoms with Gasteiger partial charge >= 0.3 is 0 Å². The maximum Gasteiger partial charge on any atom is 0.245 e. The van der Waals surface area contributed by atoms with E-state index in [4.69, 9.17) is 17.0 Å². The minimum Gasteiger partial charge on any atom is -0.497 e. The van der Waals surface area contributed by atoms with E-state index >= 15 is 0 Å². The predicted molar refractivity (Wildman–Crippen MR) is 100 cm³/mol. The van der Waals surface area contributed by atoms with Crippen molar-refractivity contribution in [2.24, 2.45) is 0 Å². The predicted octanol–water partition coefficient (Wildman–Crippen LogP) is 2.34. The number of hydrogen-bond donors (Lipinski definition) is 2. The molecule has 1 heterocycles. The number of anilines is 1. The van der Waals surface area contributed by atoms with E-state index < -0.39 is 10.0 Å². The van der Waals surface area contributed by atoms with Gasteiger partial charge in [0.05, 0.1) is 12.8 Å². The monoisotopic (exact) mass is 369 g/mol. The molecule has 0 spiro atoms. The van der Waals surface area contributed by atoms with Crippen LogP contribution in [0, 0.1) is 0 Å². The molecule has 24 heavy (non-hydrogen) atoms. The molecular weight excluding hydrogens is 346 g/mol. The van der Waals surface area contributed by atoms with Gasteiger partial charge in [0.1, 0.15) is 10.6 Å². The van der Waals surface area contributed by atoms with Gasteiger partial charge in [-0.2, -0.15) is 4.31 Å². The molecule has 1 aromatic carbocycles. The second kappa shape index (κ2) is 8.46. The van der Waals surface area contributed by atoms with E-state index in [0.717, 1.165) is 19.3 Å². The van der Waals surface area contributed by atoms with Crippen molar-refractivity contribution in [3.63, 3.8) is 0 Å². The van der Waals surface area contributed by atoms with Crippen LogP contribution < -0.4 is 15.4 Å². The van der Waals surface area contributed by atoms with Crippen molar-refractivity contribution in [1.82, 2.24) is 9.62 Å². The lowest BCUT2D eigenvalue weighted by molar-refractivity contribution is 0.346. The number of nitrogens with one attached hydrogen (secondary N) is 2. The zero-order valence-corrected chi connectivity index (χ0v) is 15.4. The maximum absolute atomic E-state index is 13.0. The number of ether oxygens (including phenoxy) is 1. The summed E-state index contributed by atoms with van der Waals surface area (Å²) in [6.07, 6.45) is 4.49. The Morgan fingerprint density at radius 2 is 2.08 bits per heavy atom. The Kier molecular flexibility index (Phi) is 6.59. The molecule has 2 N–H and O–H groups in total. The minimum absolute atomic E-state index is 0.173. The lowest BCUT2D eigenvalue weighted by Gasteiger charge is -2.27. The topological polar surface area (TPSA) is 70.7 Å². The molecule has 1 fully saturated rings. The van der Waals surface area contributed by atoms with E-state index in [1.165, 1.54) is 17.5 Å². The zero-order chi connectivity index (χ0) is 17.6. The third-order valence-corrected chi connectivity index (χ3v) is 5.96. The third kappa shape index (κ3) is 4.46. The Hall–Kier alpha value is -1.64. The molecule has 0 amide bonds. The molecular formula is C16H23N3O3S2. The summed E-state index contributed by atoms with van der Waals surface area (Å²) in [5.74, 6) is 0.487. The summed E-state index contributed by atoms with van der Waals surface area (Å²) in [7, 11) is -2.10. The first-order valence-electron chi connectivity index (χ1n) is 7.83. The van der Waals surface area contributed by atoms with Gasteiger partial charge in [-0.25, -0.2) is 8.42 Å². The van der Waals surface area contributed by atoms with Crippen molar-refractivity contribution in [2.75, 3.05) is 32.1 Å². The number of benzene rings is 1. The molecule has 0 bridgehead atoms. The summed E-state index contributed by atoms with van der Waals surface area (Å²) < 4.78 is 32.8. The summed E-state index contributed by atoms with van der Waals surface area (Å²) in [5.41, 5.74) is 0.433. The molecule has 0 radical (unpaired) electrons. The van der Waals surface area contributed by atoms with E-state index in [-0.39, 0.29) is 4.90 Å². The molecule has 6 nitrogen and oxygen atoms in total. The normalized spacial score (nSPS) is 15.5. The number of piperidine rings is 1. The quantitative estimate of drug-likeness (QED) is 0.592. The molecule has 1 aliphatic heterocycles. The molecule has 2 rings (SSSR count). The van der Waals surface area contributed by atoms with Crippen LogP contribution in [0.15, 0.2) is 35.7 Å². The van der Waals surface area contributed by atoms with E-state index in [1.807, 2.05) is 0 Å². The van der Waals surface area contributed by atoms with Crippen molar-refractivity contribution in [3.8, 4) is 5.75 Å². The summed E-state index contributed by atoms with van der Waals surface area (Å²) in [4.78, 5) is 0.173. The molecule has 1 aliphatic rings. The van der Waals surface area contributed by atoms with Gasteiger partial charge in [-0.3, -0.25) is 0 Å². The van der Waals surface area contributed by atoms with Crippen molar-refractivity contribution in [2.45, 2.75) is 24.2 Å². The minimum atomic E-state index is -3.61. The first-order chi connectivity index (χ1) is 11.5. The van der Waals surface area contributed by atoms with E-state index in [9.17, 15) is 8.42 Å². The summed E-state index contributed by atoms with van der Waals surface area (Å²) in [6, 6.07) is 4.90. The highest BCUT2D eigenvalue weighted by molar-refractivity contribution is 7.89. The van der Waals surface area contributed by atoms with E-state index in [1.54, 1.807) is 18.2 Å². The van der Waals surface area contributed by atoms with Crippen molar-refractivity contribution in [3.05, 3.63) is 30.9 Å². The SMILES string of the molecule is C=CCNC(=S)Nc1ccc(OC)cc1S(=O)(=O)N1CCCCC1. The fourth-order valence-corrected chi connectivity index (χ4v) is 4.39. The summed E-state index contributed by atoms with van der Waals surface area (Å²) in [5, 5.41) is 6.23. The van der Waals surface area contributed by atoms with Crippen molar-refractivity contribution >= 4 is 33.0 Å². The van der Waals surface area contributed by atoms with Gasteiger partial charge < -0.3 is 15.4 Å². The first kappa shape index (κ1) is 18.7. The Balaban J connectivity index is 2.34. The number of methoxy groups -OCH3 is 1. The number of nitrogens with zero attached hydrogens (tertiary/aromatic N) is 1. The van der Waals surface area contributed by atoms with Crippen molar-refractivity contribution < 1.29 is 13.2 Å². The van der Waals surface area contributed by atoms with Crippen LogP contribution in [0.4, 0.5) is 5.69 Å². The standard InChI is InChI=1S/C16H23N3O3S2/c1-3-9-17-16(23)18-14-8-7-13(22-2)12-15(14)24(20,21)19-10-5-4-6-11-19/h3,7-8,12H,1,4-6,9-11H2,2H3,(H2,17,18,23). The summed E-state index contributed by atoms with van der Waals surface area (Å²) in [6.45, 7) is 5.19. The highest BCUT2D eigenvalue weighted by atomic mass is 32.2. The van der Waals surface area contributed by atoms with Gasteiger partial charge in [-0.05, 0) is 37.2 Å². The Bertz CT molecular complexity index is 699. The highest BCUT2D eigenvalue weighted by Crippen LogP contribution is 2.30. The number of rotatable bonds is 6. The van der Waals surface area contributed by atoms with Crippen molar-refractivity contribution in [1.29, 1.82) is 0 Å². The van der Waals surface area contributed by atoms with Crippen LogP contribution in [0.25, 0.3) is 0 Å². The van der Waals surface area contributed by atoms with Crippen LogP contribution in [-0.4, -0.2) is 44.6 Å². The molecule has 0 aromatic heterocycles. The van der Waals surface area contributed by atoms with Gasteiger partial charge in [0.25, 0.3) is 0 Å². The average molecular weight is 370 g/mol. The van der Waals surface area contributed by atoms with Crippen LogP contribution in [0.1, 0.15) is 19.3 Å². The maximum atomic E-state index is 13.0. The van der Waals surface area contributed by atoms with E-state index in [0.29, 0.717) is 36.2 Å². The van der Waals surface area contributed by atoms with Gasteiger partial charge in [0.15, 0.2) is 5.11 Å². The van der Waals surface area contributed by atoms with Crippen LogP contribution in [0.2, 0.25) is 0 Å². The average Bonchev–Trinajstić information content (AvgIpc) is 2.61. The fraction of sp³-hybridized carbons (Fsp3) is 0.438. The van der Waals surface area contributed by atoms with Gasteiger partial charge in [0.2, 0.25) is 10.0 Å². The Morgan fingerprint density at radius 1 is 1.38 bits per heavy atom. The molecule has 0 atom stereocenters. The first-order valence-corrected chi connectivity index (χ1v) is 9.68. The van der Waals surface area contributed by atoms with Crippen LogP contribution >= 0.6 is 12.2 Å². The van der Waals surface area contributed by atoms with E-state index in [2.05, 4.69) is 17.2 Å². The second-order valence-corrected chi connectivity index (χ2v) is 7.77. The zero-order valence-electron chi connectivity index (χ0n) is 13.7.